The lowest BCUT2D eigenvalue weighted by Gasteiger charge is -2.46. The minimum atomic E-state index is -0.657. The van der Waals surface area contributed by atoms with Gasteiger partial charge < -0.3 is 15.0 Å². The third-order valence-corrected chi connectivity index (χ3v) is 4.00. The molecule has 0 unspecified atom stereocenters. The number of para-hydroxylation sites is 1. The van der Waals surface area contributed by atoms with Crippen molar-refractivity contribution >= 4 is 16.8 Å². The van der Waals surface area contributed by atoms with Crippen LogP contribution in [0.2, 0.25) is 0 Å². The third kappa shape index (κ3) is 2.12. The van der Waals surface area contributed by atoms with Crippen molar-refractivity contribution in [3.63, 3.8) is 0 Å². The molecule has 0 radical (unpaired) electrons. The summed E-state index contributed by atoms with van der Waals surface area (Å²) < 4.78 is 0. The highest BCUT2D eigenvalue weighted by Crippen LogP contribution is 2.26. The number of carbonyl (C=O) groups excluding carboxylic acids is 1. The van der Waals surface area contributed by atoms with Crippen molar-refractivity contribution in [3.05, 3.63) is 36.0 Å². The summed E-state index contributed by atoms with van der Waals surface area (Å²) in [6, 6.07) is 7.97. The first-order chi connectivity index (χ1) is 9.11. The number of fused-ring (bicyclic) bond motifs is 1. The molecule has 1 amide bonds. The van der Waals surface area contributed by atoms with Gasteiger partial charge in [-0.1, -0.05) is 25.1 Å². The van der Waals surface area contributed by atoms with Crippen LogP contribution in [0.15, 0.2) is 30.5 Å². The van der Waals surface area contributed by atoms with Crippen LogP contribution in [0.3, 0.4) is 0 Å². The van der Waals surface area contributed by atoms with Crippen LogP contribution >= 0.6 is 0 Å². The molecule has 0 saturated carbocycles. The summed E-state index contributed by atoms with van der Waals surface area (Å²) in [6.07, 6.45) is 2.99. The van der Waals surface area contributed by atoms with Gasteiger partial charge in [-0.05, 0) is 18.1 Å². The Labute approximate surface area is 112 Å². The molecule has 1 aliphatic heterocycles. The van der Waals surface area contributed by atoms with E-state index in [0.717, 1.165) is 16.5 Å². The van der Waals surface area contributed by atoms with E-state index in [1.165, 1.54) is 0 Å². The van der Waals surface area contributed by atoms with Gasteiger partial charge >= 0.3 is 0 Å². The minimum Gasteiger partial charge on any atom is -0.386 e. The lowest BCUT2D eigenvalue weighted by atomic mass is 9.91. The van der Waals surface area contributed by atoms with Crippen LogP contribution in [0.25, 0.3) is 10.9 Å². The standard InChI is InChI=1S/C15H18N2O2/c1-2-15(19)9-17(10-15)14(18)7-11-8-16-13-6-4-3-5-12(11)13/h3-6,8,16,19H,2,7,9-10H2,1H3. The molecule has 0 atom stereocenters. The molecule has 3 rings (SSSR count). The molecule has 2 N–H and O–H groups in total. The van der Waals surface area contributed by atoms with Gasteiger partial charge in [0.25, 0.3) is 0 Å². The second kappa shape index (κ2) is 4.38. The molecule has 4 heteroatoms. The Morgan fingerprint density at radius 2 is 2.16 bits per heavy atom. The predicted octanol–water partition coefficient (Wildman–Crippen LogP) is 1.69. The Morgan fingerprint density at radius 3 is 2.89 bits per heavy atom. The summed E-state index contributed by atoms with van der Waals surface area (Å²) in [5, 5.41) is 11.0. The van der Waals surface area contributed by atoms with Crippen LogP contribution in [0.5, 0.6) is 0 Å². The number of amides is 1. The normalized spacial score (nSPS) is 17.5. The van der Waals surface area contributed by atoms with Gasteiger partial charge in [-0.25, -0.2) is 0 Å². The molecule has 2 aromatic rings. The first-order valence-electron chi connectivity index (χ1n) is 6.66. The van der Waals surface area contributed by atoms with Crippen LogP contribution in [0, 0.1) is 0 Å². The van der Waals surface area contributed by atoms with E-state index in [4.69, 9.17) is 0 Å². The fourth-order valence-electron chi connectivity index (χ4n) is 2.62. The van der Waals surface area contributed by atoms with Gasteiger partial charge in [0.15, 0.2) is 0 Å². The average Bonchev–Trinajstić information content (AvgIpc) is 2.78. The summed E-state index contributed by atoms with van der Waals surface area (Å²) in [5.74, 6) is 0.0860. The van der Waals surface area contributed by atoms with E-state index in [1.54, 1.807) is 4.90 Å². The van der Waals surface area contributed by atoms with Crippen LogP contribution in [0.1, 0.15) is 18.9 Å². The zero-order valence-corrected chi connectivity index (χ0v) is 11.0. The quantitative estimate of drug-likeness (QED) is 0.880. The topological polar surface area (TPSA) is 56.3 Å². The van der Waals surface area contributed by atoms with Crippen LogP contribution in [-0.4, -0.2) is 39.6 Å². The Hall–Kier alpha value is -1.81. The number of β-amino-alcohol motifs (C(OH)–C–C–N with tert-alkyl or cyclic N) is 1. The molecule has 100 valence electrons. The molecular formula is C15H18N2O2. The molecule has 4 nitrogen and oxygen atoms in total. The minimum absolute atomic E-state index is 0.0860. The molecule has 0 aliphatic carbocycles. The number of benzene rings is 1. The molecule has 19 heavy (non-hydrogen) atoms. The number of nitrogens with one attached hydrogen (secondary N) is 1. The van der Waals surface area contributed by atoms with E-state index in [9.17, 15) is 9.90 Å². The molecule has 1 fully saturated rings. The van der Waals surface area contributed by atoms with Gasteiger partial charge in [-0.2, -0.15) is 0 Å². The van der Waals surface area contributed by atoms with Crippen LogP contribution in [0.4, 0.5) is 0 Å². The number of likely N-dealkylation sites (tertiary alicyclic amines) is 1. The van der Waals surface area contributed by atoms with Gasteiger partial charge in [0.1, 0.15) is 0 Å². The number of H-pyrrole nitrogens is 1. The first-order valence-corrected chi connectivity index (χ1v) is 6.66. The van der Waals surface area contributed by atoms with Gasteiger partial charge in [0.05, 0.1) is 25.1 Å². The number of aromatic amines is 1. The van der Waals surface area contributed by atoms with Gasteiger partial charge in [-0.3, -0.25) is 4.79 Å². The zero-order chi connectivity index (χ0) is 13.5. The van der Waals surface area contributed by atoms with Crippen molar-refractivity contribution in [1.29, 1.82) is 0 Å². The smallest absolute Gasteiger partial charge is 0.227 e. The largest absolute Gasteiger partial charge is 0.386 e. The van der Waals surface area contributed by atoms with Crippen LogP contribution in [-0.2, 0) is 11.2 Å². The van der Waals surface area contributed by atoms with Crippen molar-refractivity contribution in [1.82, 2.24) is 9.88 Å². The van der Waals surface area contributed by atoms with E-state index in [2.05, 4.69) is 4.98 Å². The lowest BCUT2D eigenvalue weighted by molar-refractivity contribution is -0.155. The maximum Gasteiger partial charge on any atom is 0.227 e. The van der Waals surface area contributed by atoms with Crippen molar-refractivity contribution in [2.45, 2.75) is 25.4 Å². The van der Waals surface area contributed by atoms with Crippen LogP contribution < -0.4 is 0 Å². The average molecular weight is 258 g/mol. The number of rotatable bonds is 3. The van der Waals surface area contributed by atoms with Crippen molar-refractivity contribution < 1.29 is 9.90 Å². The maximum absolute atomic E-state index is 12.1. The molecule has 1 aromatic carbocycles. The summed E-state index contributed by atoms with van der Waals surface area (Å²) in [5.41, 5.74) is 1.42. The highest BCUT2D eigenvalue weighted by molar-refractivity contribution is 5.89. The van der Waals surface area contributed by atoms with E-state index >= 15 is 0 Å². The molecular weight excluding hydrogens is 240 g/mol. The number of carbonyl (C=O) groups is 1. The second-order valence-corrected chi connectivity index (χ2v) is 5.36. The van der Waals surface area contributed by atoms with Gasteiger partial charge in [0.2, 0.25) is 5.91 Å². The summed E-state index contributed by atoms with van der Waals surface area (Å²) in [6.45, 7) is 2.87. The number of aromatic nitrogens is 1. The number of hydrogen-bond donors (Lipinski definition) is 2. The van der Waals surface area contributed by atoms with E-state index < -0.39 is 5.60 Å². The SMILES string of the molecule is CCC1(O)CN(C(=O)Cc2c[nH]c3ccccc23)C1. The number of nitrogens with zero attached hydrogens (tertiary/aromatic N) is 1. The maximum atomic E-state index is 12.1. The van der Waals surface area contributed by atoms with Crippen molar-refractivity contribution in [3.8, 4) is 0 Å². The zero-order valence-electron chi connectivity index (χ0n) is 11.0. The molecule has 1 saturated heterocycles. The molecule has 1 aliphatic rings. The van der Waals surface area contributed by atoms with Gasteiger partial charge in [0, 0.05) is 17.1 Å². The first kappa shape index (κ1) is 12.2. The number of aliphatic hydroxyl groups is 1. The summed E-state index contributed by atoms with van der Waals surface area (Å²) in [4.78, 5) is 17.0. The fourth-order valence-corrected chi connectivity index (χ4v) is 2.62. The van der Waals surface area contributed by atoms with Crippen molar-refractivity contribution in [2.24, 2.45) is 0 Å². The lowest BCUT2D eigenvalue weighted by Crippen LogP contribution is -2.63. The van der Waals surface area contributed by atoms with Gasteiger partial charge in [-0.15, -0.1) is 0 Å². The second-order valence-electron chi connectivity index (χ2n) is 5.36. The van der Waals surface area contributed by atoms with E-state index in [1.807, 2.05) is 37.4 Å². The number of hydrogen-bond acceptors (Lipinski definition) is 2. The Morgan fingerprint density at radius 1 is 1.42 bits per heavy atom. The highest BCUT2D eigenvalue weighted by Gasteiger charge is 2.41. The van der Waals surface area contributed by atoms with E-state index in [0.29, 0.717) is 25.9 Å². The Kier molecular flexibility index (Phi) is 2.82. The Balaban J connectivity index is 1.71. The summed E-state index contributed by atoms with van der Waals surface area (Å²) in [7, 11) is 0. The molecule has 2 heterocycles. The third-order valence-electron chi connectivity index (χ3n) is 4.00. The monoisotopic (exact) mass is 258 g/mol. The fraction of sp³-hybridized carbons (Fsp3) is 0.400. The van der Waals surface area contributed by atoms with Crippen molar-refractivity contribution in [2.75, 3.05) is 13.1 Å². The van der Waals surface area contributed by atoms with E-state index in [-0.39, 0.29) is 5.91 Å². The predicted molar refractivity (Wildman–Crippen MR) is 73.8 cm³/mol. The molecule has 1 aromatic heterocycles. The Bertz CT molecular complexity index is 611. The highest BCUT2D eigenvalue weighted by atomic mass is 16.3. The molecule has 0 bridgehead atoms. The summed E-state index contributed by atoms with van der Waals surface area (Å²) >= 11 is 0. The molecule has 0 spiro atoms.